The van der Waals surface area contributed by atoms with Gasteiger partial charge in [0.25, 0.3) is 0 Å². The minimum Gasteiger partial charge on any atom is -0.456 e. The number of rotatable bonds is 2. The molecule has 0 N–H and O–H groups in total. The monoisotopic (exact) mass is 560 g/mol. The van der Waals surface area contributed by atoms with E-state index in [1.54, 1.807) is 0 Å². The highest BCUT2D eigenvalue weighted by atomic mass is 16.3. The summed E-state index contributed by atoms with van der Waals surface area (Å²) >= 11 is 0. The lowest BCUT2D eigenvalue weighted by Gasteiger charge is -2.19. The van der Waals surface area contributed by atoms with Crippen LogP contribution in [0.15, 0.2) is 154 Å². The molecule has 0 aliphatic carbocycles. The van der Waals surface area contributed by atoms with Crippen LogP contribution in [0.4, 0.5) is 0 Å². The van der Waals surface area contributed by atoms with E-state index in [4.69, 9.17) is 8.83 Å². The van der Waals surface area contributed by atoms with E-state index in [9.17, 15) is 0 Å². The van der Waals surface area contributed by atoms with E-state index in [-0.39, 0.29) is 0 Å². The van der Waals surface area contributed by atoms with Crippen LogP contribution in [0.3, 0.4) is 0 Å². The summed E-state index contributed by atoms with van der Waals surface area (Å²) in [5.74, 6) is 0. The number of furan rings is 2. The maximum atomic E-state index is 6.56. The third kappa shape index (κ3) is 3.20. The first-order valence-electron chi connectivity index (χ1n) is 15.0. The molecule has 10 rings (SSSR count). The van der Waals surface area contributed by atoms with Crippen molar-refractivity contribution in [1.29, 1.82) is 0 Å². The van der Waals surface area contributed by atoms with Crippen molar-refractivity contribution >= 4 is 76.2 Å². The molecule has 44 heavy (non-hydrogen) atoms. The Morgan fingerprint density at radius 3 is 1.52 bits per heavy atom. The maximum absolute atomic E-state index is 6.56. The van der Waals surface area contributed by atoms with Gasteiger partial charge in [0.2, 0.25) is 0 Å². The molecule has 0 saturated carbocycles. The first-order valence-corrected chi connectivity index (χ1v) is 15.0. The second kappa shape index (κ2) is 8.82. The van der Waals surface area contributed by atoms with E-state index in [1.165, 1.54) is 49.0 Å². The van der Waals surface area contributed by atoms with E-state index >= 15 is 0 Å². The van der Waals surface area contributed by atoms with E-state index in [1.807, 2.05) is 12.1 Å². The summed E-state index contributed by atoms with van der Waals surface area (Å²) < 4.78 is 12.9. The van der Waals surface area contributed by atoms with Gasteiger partial charge in [-0.2, -0.15) is 0 Å². The molecule has 2 nitrogen and oxygen atoms in total. The van der Waals surface area contributed by atoms with Crippen LogP contribution in [0.1, 0.15) is 0 Å². The summed E-state index contributed by atoms with van der Waals surface area (Å²) in [6, 6.07) is 51.9. The van der Waals surface area contributed by atoms with Gasteiger partial charge in [-0.1, -0.05) is 121 Å². The molecule has 0 fully saturated rings. The molecule has 10 aromatic rings. The van der Waals surface area contributed by atoms with Crippen LogP contribution in [0, 0.1) is 0 Å². The van der Waals surface area contributed by atoms with Crippen molar-refractivity contribution in [2.24, 2.45) is 0 Å². The van der Waals surface area contributed by atoms with Crippen LogP contribution in [-0.4, -0.2) is 0 Å². The van der Waals surface area contributed by atoms with Gasteiger partial charge in [0.1, 0.15) is 22.3 Å². The molecular formula is C42H24O2. The number of benzene rings is 8. The summed E-state index contributed by atoms with van der Waals surface area (Å²) in [5, 5.41) is 11.8. The molecule has 2 heteroatoms. The van der Waals surface area contributed by atoms with Crippen LogP contribution >= 0.6 is 0 Å². The van der Waals surface area contributed by atoms with Gasteiger partial charge >= 0.3 is 0 Å². The standard InChI is InChI=1S/C42H24O2/c1-2-13-26-25(11-1)12-9-19-28(26)40-29-15-3-5-17-31(29)41(32-18-6-4-16-30(32)40)33-20-10-22-37-42(33)35-24-38-34(23-39(35)44-37)27-14-7-8-21-36(27)43-38/h1-24H. The van der Waals surface area contributed by atoms with E-state index < -0.39 is 0 Å². The zero-order valence-corrected chi connectivity index (χ0v) is 23.7. The average molecular weight is 561 g/mol. The summed E-state index contributed by atoms with van der Waals surface area (Å²) in [6.07, 6.45) is 0. The summed E-state index contributed by atoms with van der Waals surface area (Å²) in [4.78, 5) is 0. The van der Waals surface area contributed by atoms with Gasteiger partial charge < -0.3 is 8.83 Å². The molecule has 0 saturated heterocycles. The minimum absolute atomic E-state index is 0.868. The Morgan fingerprint density at radius 1 is 0.295 bits per heavy atom. The zero-order chi connectivity index (χ0) is 28.8. The summed E-state index contributed by atoms with van der Waals surface area (Å²) in [7, 11) is 0. The van der Waals surface area contributed by atoms with Crippen LogP contribution in [-0.2, 0) is 0 Å². The first-order chi connectivity index (χ1) is 21.8. The highest BCUT2D eigenvalue weighted by molar-refractivity contribution is 6.27. The Balaban J connectivity index is 1.35. The molecule has 0 aliphatic heterocycles. The summed E-state index contributed by atoms with van der Waals surface area (Å²) in [5.41, 5.74) is 8.41. The fourth-order valence-electron chi connectivity index (χ4n) is 7.40. The lowest BCUT2D eigenvalue weighted by molar-refractivity contribution is 0.664. The van der Waals surface area contributed by atoms with Crippen LogP contribution in [0.5, 0.6) is 0 Å². The number of para-hydroxylation sites is 1. The molecule has 8 aromatic carbocycles. The molecule has 0 amide bonds. The third-order valence-electron chi connectivity index (χ3n) is 9.25. The van der Waals surface area contributed by atoms with Gasteiger partial charge in [-0.3, -0.25) is 0 Å². The van der Waals surface area contributed by atoms with Gasteiger partial charge in [0.15, 0.2) is 0 Å². The van der Waals surface area contributed by atoms with Crippen molar-refractivity contribution in [3.05, 3.63) is 146 Å². The second-order valence-corrected chi connectivity index (χ2v) is 11.6. The first kappa shape index (κ1) is 23.7. The Kier molecular flexibility index (Phi) is 4.75. The number of hydrogen-bond acceptors (Lipinski definition) is 2. The number of hydrogen-bond donors (Lipinski definition) is 0. The molecule has 0 unspecified atom stereocenters. The highest BCUT2D eigenvalue weighted by Crippen LogP contribution is 2.48. The predicted molar refractivity (Wildman–Crippen MR) is 184 cm³/mol. The molecule has 0 aliphatic rings. The highest BCUT2D eigenvalue weighted by Gasteiger charge is 2.21. The van der Waals surface area contributed by atoms with Crippen LogP contribution < -0.4 is 0 Å². The molecule has 0 radical (unpaired) electrons. The minimum atomic E-state index is 0.868. The maximum Gasteiger partial charge on any atom is 0.136 e. The molecule has 2 heterocycles. The van der Waals surface area contributed by atoms with Crippen LogP contribution in [0.2, 0.25) is 0 Å². The van der Waals surface area contributed by atoms with Crippen LogP contribution in [0.25, 0.3) is 98.4 Å². The third-order valence-corrected chi connectivity index (χ3v) is 9.25. The normalized spacial score (nSPS) is 12.1. The SMILES string of the molecule is c1ccc2c(-c3c4ccccc4c(-c4cccc5oc6cc7c(cc6c45)oc4ccccc47)c4ccccc34)cccc2c1. The van der Waals surface area contributed by atoms with Gasteiger partial charge in [-0.15, -0.1) is 0 Å². The smallest absolute Gasteiger partial charge is 0.136 e. The Labute approximate surface area is 252 Å². The molecule has 0 bridgehead atoms. The van der Waals surface area contributed by atoms with Gasteiger partial charge in [-0.25, -0.2) is 0 Å². The Hall–Kier alpha value is -5.86. The fraction of sp³-hybridized carbons (Fsp3) is 0. The van der Waals surface area contributed by atoms with Gasteiger partial charge in [-0.05, 0) is 78.8 Å². The second-order valence-electron chi connectivity index (χ2n) is 11.6. The molecule has 204 valence electrons. The lowest BCUT2D eigenvalue weighted by Crippen LogP contribution is -1.92. The van der Waals surface area contributed by atoms with Crippen molar-refractivity contribution in [2.75, 3.05) is 0 Å². The molecule has 2 aromatic heterocycles. The lowest BCUT2D eigenvalue weighted by atomic mass is 9.84. The quantitative estimate of drug-likeness (QED) is 0.197. The zero-order valence-electron chi connectivity index (χ0n) is 23.7. The fourth-order valence-corrected chi connectivity index (χ4v) is 7.40. The van der Waals surface area contributed by atoms with Crippen molar-refractivity contribution in [3.63, 3.8) is 0 Å². The predicted octanol–water partition coefficient (Wildman–Crippen LogP) is 12.3. The molecular weight excluding hydrogens is 536 g/mol. The topological polar surface area (TPSA) is 26.3 Å². The van der Waals surface area contributed by atoms with Crippen molar-refractivity contribution < 1.29 is 8.83 Å². The van der Waals surface area contributed by atoms with Crippen molar-refractivity contribution in [2.45, 2.75) is 0 Å². The average Bonchev–Trinajstić information content (AvgIpc) is 3.63. The van der Waals surface area contributed by atoms with E-state index in [0.29, 0.717) is 0 Å². The largest absolute Gasteiger partial charge is 0.456 e. The van der Waals surface area contributed by atoms with Gasteiger partial charge in [0.05, 0.1) is 0 Å². The number of fused-ring (bicyclic) bond motifs is 9. The van der Waals surface area contributed by atoms with E-state index in [2.05, 4.69) is 133 Å². The molecule has 0 spiro atoms. The Bertz CT molecular complexity index is 2710. The molecule has 0 atom stereocenters. The van der Waals surface area contributed by atoms with Gasteiger partial charge in [0, 0.05) is 21.5 Å². The Morgan fingerprint density at radius 2 is 0.773 bits per heavy atom. The summed E-state index contributed by atoms with van der Waals surface area (Å²) in [6.45, 7) is 0. The van der Waals surface area contributed by atoms with Crippen molar-refractivity contribution in [3.8, 4) is 22.3 Å². The van der Waals surface area contributed by atoms with Crippen molar-refractivity contribution in [1.82, 2.24) is 0 Å². The van der Waals surface area contributed by atoms with E-state index in [0.717, 1.165) is 49.4 Å².